The number of nitrogens with zero attached hydrogens (tertiary/aromatic N) is 3. The zero-order chi connectivity index (χ0) is 19.3. The fourth-order valence-corrected chi connectivity index (χ4v) is 4.32. The number of anilines is 1. The molecule has 1 N–H and O–H groups in total. The quantitative estimate of drug-likeness (QED) is 0.889. The van der Waals surface area contributed by atoms with Crippen molar-refractivity contribution in [3.8, 4) is 0 Å². The predicted molar refractivity (Wildman–Crippen MR) is 113 cm³/mol. The standard InChI is InChI=1S/C23H30N4O/c1-26-12-5-13-27(15-14-26)22-11-10-18(16-24-22)17-25-23(28)21-9-4-7-19-6-2-3-8-20(19)21/h2-3,6,8,10-11,16,21H,4-5,7,9,12-15,17H2,1H3,(H,25,28). The molecule has 0 spiro atoms. The first kappa shape index (κ1) is 18.9. The molecule has 0 saturated carbocycles. The lowest BCUT2D eigenvalue weighted by molar-refractivity contribution is -0.123. The predicted octanol–water partition coefficient (Wildman–Crippen LogP) is 2.96. The van der Waals surface area contributed by atoms with Gasteiger partial charge in [-0.15, -0.1) is 0 Å². The molecule has 1 saturated heterocycles. The number of carbonyl (C=O) groups excluding carboxylic acids is 1. The van der Waals surface area contributed by atoms with Crippen molar-refractivity contribution in [1.29, 1.82) is 0 Å². The largest absolute Gasteiger partial charge is 0.355 e. The Morgan fingerprint density at radius 2 is 2.00 bits per heavy atom. The first-order valence-electron chi connectivity index (χ1n) is 10.4. The number of nitrogens with one attached hydrogen (secondary N) is 1. The summed E-state index contributed by atoms with van der Waals surface area (Å²) in [7, 11) is 2.17. The number of amides is 1. The van der Waals surface area contributed by atoms with Gasteiger partial charge in [-0.05, 0) is 62.0 Å². The molecular weight excluding hydrogens is 348 g/mol. The van der Waals surface area contributed by atoms with Crippen LogP contribution in [0.1, 0.15) is 41.9 Å². The lowest BCUT2D eigenvalue weighted by atomic mass is 9.82. The monoisotopic (exact) mass is 378 g/mol. The number of carbonyl (C=O) groups is 1. The van der Waals surface area contributed by atoms with E-state index in [0.717, 1.165) is 56.8 Å². The number of benzene rings is 1. The van der Waals surface area contributed by atoms with E-state index in [1.54, 1.807) is 0 Å². The molecule has 1 aromatic carbocycles. The first-order chi connectivity index (χ1) is 13.7. The molecule has 5 nitrogen and oxygen atoms in total. The van der Waals surface area contributed by atoms with Gasteiger partial charge in [0.25, 0.3) is 0 Å². The van der Waals surface area contributed by atoms with Gasteiger partial charge in [-0.3, -0.25) is 4.79 Å². The van der Waals surface area contributed by atoms with Crippen molar-refractivity contribution in [3.05, 3.63) is 59.3 Å². The lowest BCUT2D eigenvalue weighted by Gasteiger charge is -2.24. The van der Waals surface area contributed by atoms with E-state index in [2.05, 4.69) is 57.5 Å². The van der Waals surface area contributed by atoms with E-state index < -0.39 is 0 Å². The van der Waals surface area contributed by atoms with Crippen LogP contribution in [0, 0.1) is 0 Å². The maximum Gasteiger partial charge on any atom is 0.227 e. The van der Waals surface area contributed by atoms with Crippen LogP contribution in [0.4, 0.5) is 5.82 Å². The number of pyridine rings is 1. The third-order valence-corrected chi connectivity index (χ3v) is 6.01. The number of fused-ring (bicyclic) bond motifs is 1. The van der Waals surface area contributed by atoms with Crippen molar-refractivity contribution < 1.29 is 4.79 Å². The summed E-state index contributed by atoms with van der Waals surface area (Å²) in [6.45, 7) is 4.82. The first-order valence-corrected chi connectivity index (χ1v) is 10.4. The Morgan fingerprint density at radius 3 is 2.86 bits per heavy atom. The molecule has 28 heavy (non-hydrogen) atoms. The smallest absolute Gasteiger partial charge is 0.227 e. The van der Waals surface area contributed by atoms with Gasteiger partial charge in [0, 0.05) is 32.4 Å². The van der Waals surface area contributed by atoms with Crippen LogP contribution in [0.15, 0.2) is 42.6 Å². The Labute approximate surface area is 167 Å². The number of aromatic nitrogens is 1. The molecule has 2 aromatic rings. The van der Waals surface area contributed by atoms with Gasteiger partial charge >= 0.3 is 0 Å². The van der Waals surface area contributed by atoms with E-state index in [0.29, 0.717) is 6.54 Å². The third kappa shape index (κ3) is 4.36. The summed E-state index contributed by atoms with van der Waals surface area (Å²) in [4.78, 5) is 22.1. The summed E-state index contributed by atoms with van der Waals surface area (Å²) in [6.07, 6.45) is 6.16. The average Bonchev–Trinajstić information content (AvgIpc) is 2.96. The molecule has 2 aliphatic rings. The maximum atomic E-state index is 12.8. The fourth-order valence-electron chi connectivity index (χ4n) is 4.32. The van der Waals surface area contributed by atoms with Crippen molar-refractivity contribution in [2.45, 2.75) is 38.1 Å². The zero-order valence-corrected chi connectivity index (χ0v) is 16.7. The van der Waals surface area contributed by atoms with Crippen LogP contribution in [0.3, 0.4) is 0 Å². The highest BCUT2D eigenvalue weighted by Gasteiger charge is 2.25. The molecule has 1 atom stereocenters. The molecule has 148 valence electrons. The third-order valence-electron chi connectivity index (χ3n) is 6.01. The molecule has 1 amide bonds. The van der Waals surface area contributed by atoms with Crippen molar-refractivity contribution >= 4 is 11.7 Å². The van der Waals surface area contributed by atoms with Crippen molar-refractivity contribution in [3.63, 3.8) is 0 Å². The Morgan fingerprint density at radius 1 is 1.11 bits per heavy atom. The summed E-state index contributed by atoms with van der Waals surface area (Å²) in [6, 6.07) is 12.5. The van der Waals surface area contributed by atoms with Gasteiger partial charge in [0.15, 0.2) is 0 Å². The molecular formula is C23H30N4O. The van der Waals surface area contributed by atoms with Crippen molar-refractivity contribution in [2.24, 2.45) is 0 Å². The van der Waals surface area contributed by atoms with E-state index in [9.17, 15) is 4.79 Å². The second-order valence-corrected chi connectivity index (χ2v) is 8.03. The molecule has 1 aliphatic heterocycles. The van der Waals surface area contributed by atoms with Gasteiger partial charge < -0.3 is 15.1 Å². The number of likely N-dealkylation sites (N-methyl/N-ethyl adjacent to an activating group) is 1. The number of aryl methyl sites for hydroxylation is 1. The lowest BCUT2D eigenvalue weighted by Crippen LogP contribution is -2.31. The van der Waals surface area contributed by atoms with Crippen molar-refractivity contribution in [2.75, 3.05) is 38.1 Å². The topological polar surface area (TPSA) is 48.5 Å². The van der Waals surface area contributed by atoms with Crippen LogP contribution >= 0.6 is 0 Å². The summed E-state index contributed by atoms with van der Waals surface area (Å²) in [5.74, 6) is 1.14. The SMILES string of the molecule is CN1CCCN(c2ccc(CNC(=O)C3CCCc4ccccc43)cn2)CC1. The van der Waals surface area contributed by atoms with Gasteiger partial charge in [0.2, 0.25) is 5.91 Å². The second kappa shape index (κ2) is 8.74. The Balaban J connectivity index is 1.35. The highest BCUT2D eigenvalue weighted by molar-refractivity contribution is 5.84. The van der Waals surface area contributed by atoms with E-state index in [1.807, 2.05) is 12.3 Å². The van der Waals surface area contributed by atoms with Crippen LogP contribution in [0.25, 0.3) is 0 Å². The zero-order valence-electron chi connectivity index (χ0n) is 16.7. The van der Waals surface area contributed by atoms with Crippen LogP contribution in [0.5, 0.6) is 0 Å². The Hall–Kier alpha value is -2.40. The molecule has 0 bridgehead atoms. The molecule has 2 heterocycles. The summed E-state index contributed by atoms with van der Waals surface area (Å²) >= 11 is 0. The number of rotatable bonds is 4. The average molecular weight is 379 g/mol. The maximum absolute atomic E-state index is 12.8. The summed E-state index contributed by atoms with van der Waals surface area (Å²) < 4.78 is 0. The van der Waals surface area contributed by atoms with Gasteiger partial charge in [0.05, 0.1) is 5.92 Å². The normalized spacial score (nSPS) is 20.3. The van der Waals surface area contributed by atoms with Gasteiger partial charge in [-0.2, -0.15) is 0 Å². The van der Waals surface area contributed by atoms with Crippen molar-refractivity contribution in [1.82, 2.24) is 15.2 Å². The van der Waals surface area contributed by atoms with Crippen LogP contribution in [-0.2, 0) is 17.8 Å². The van der Waals surface area contributed by atoms with Gasteiger partial charge in [-0.1, -0.05) is 30.3 Å². The molecule has 4 rings (SSSR count). The highest BCUT2D eigenvalue weighted by atomic mass is 16.1. The molecule has 1 unspecified atom stereocenters. The molecule has 5 heteroatoms. The summed E-state index contributed by atoms with van der Waals surface area (Å²) in [5.41, 5.74) is 3.57. The minimum atomic E-state index is -0.0220. The van der Waals surface area contributed by atoms with Crippen LogP contribution in [0.2, 0.25) is 0 Å². The Bertz CT molecular complexity index is 805. The van der Waals surface area contributed by atoms with E-state index in [-0.39, 0.29) is 11.8 Å². The second-order valence-electron chi connectivity index (χ2n) is 8.03. The highest BCUT2D eigenvalue weighted by Crippen LogP contribution is 2.31. The molecule has 1 aromatic heterocycles. The minimum absolute atomic E-state index is 0.0220. The number of hydrogen-bond donors (Lipinski definition) is 1. The van der Waals surface area contributed by atoms with E-state index >= 15 is 0 Å². The molecule has 0 radical (unpaired) electrons. The summed E-state index contributed by atoms with van der Waals surface area (Å²) in [5, 5.41) is 3.13. The van der Waals surface area contributed by atoms with Gasteiger partial charge in [0.1, 0.15) is 5.82 Å². The van der Waals surface area contributed by atoms with Gasteiger partial charge in [-0.25, -0.2) is 4.98 Å². The fraction of sp³-hybridized carbons (Fsp3) is 0.478. The Kier molecular flexibility index (Phi) is 5.91. The van der Waals surface area contributed by atoms with E-state index in [4.69, 9.17) is 0 Å². The minimum Gasteiger partial charge on any atom is -0.355 e. The van der Waals surface area contributed by atoms with E-state index in [1.165, 1.54) is 17.5 Å². The number of hydrogen-bond acceptors (Lipinski definition) is 4. The van der Waals surface area contributed by atoms with Crippen LogP contribution < -0.4 is 10.2 Å². The molecule has 1 fully saturated rings. The van der Waals surface area contributed by atoms with Crippen LogP contribution in [-0.4, -0.2) is 49.0 Å². The molecule has 1 aliphatic carbocycles.